The van der Waals surface area contributed by atoms with Crippen molar-refractivity contribution in [3.8, 4) is 68.9 Å². The topological polar surface area (TPSA) is 109 Å². The number of para-hydroxylation sites is 2. The maximum Gasteiger partial charge on any atom is 0.164 e. The Balaban J connectivity index is 0.000000140. The number of thiophene rings is 3. The van der Waals surface area contributed by atoms with Crippen LogP contribution in [0, 0.1) is 22.7 Å². The smallest absolute Gasteiger partial charge is 0.164 e. The van der Waals surface area contributed by atoms with Crippen LogP contribution in [-0.4, -0.2) is 29.1 Å². The Morgan fingerprint density at radius 1 is 0.330 bits per heavy atom. The zero-order valence-corrected chi connectivity index (χ0v) is 53.6. The lowest BCUT2D eigenvalue weighted by Gasteiger charge is -2.16. The summed E-state index contributed by atoms with van der Waals surface area (Å²) >= 11 is 11.7. The highest BCUT2D eigenvalue weighted by atomic mass is 35.5. The number of nitriles is 2. The molecule has 0 bridgehead atoms. The molecule has 0 fully saturated rings. The van der Waals surface area contributed by atoms with Gasteiger partial charge in [-0.1, -0.05) is 239 Å². The first-order chi connectivity index (χ1) is 47.0. The summed E-state index contributed by atoms with van der Waals surface area (Å²) in [6.07, 6.45) is 1.08. The molecule has 97 heavy (non-hydrogen) atoms. The van der Waals surface area contributed by atoms with Crippen molar-refractivity contribution in [3.63, 3.8) is 0 Å². The van der Waals surface area contributed by atoms with Gasteiger partial charge in [-0.15, -0.1) is 34.0 Å². The molecule has 20 rings (SSSR count). The SMILES string of the molecule is C.C.N#Cc1c(-n2c3ccccc3c3c4c(ccc32)sc2ccccc24)nc(-c2ccccc2)nc1-n1c2ccccc2c2c3c(ccc21)sc1ccccc13.N#Cc1c(Cl)nc(-c2ccccc2)nc1-c1ccccc1.c1ccc2c(c1)Cc1ccc3sc4ccccc4c3c1-2. The number of nitrogens with zero attached hydrogens (tertiary/aromatic N) is 8. The van der Waals surface area contributed by atoms with Crippen LogP contribution in [0.4, 0.5) is 0 Å². The van der Waals surface area contributed by atoms with Crippen LogP contribution in [0.1, 0.15) is 37.1 Å². The Kier molecular flexibility index (Phi) is 15.3. The van der Waals surface area contributed by atoms with Crippen molar-refractivity contribution in [1.29, 1.82) is 10.5 Å². The molecule has 7 heterocycles. The number of hydrogen-bond donors (Lipinski definition) is 0. The summed E-state index contributed by atoms with van der Waals surface area (Å²) in [5, 5.41) is 33.2. The van der Waals surface area contributed by atoms with Gasteiger partial charge in [0.1, 0.15) is 23.3 Å². The van der Waals surface area contributed by atoms with Crippen molar-refractivity contribution < 1.29 is 0 Å². The molecule has 0 atom stereocenters. The standard InChI is InChI=1S/C47H25N5S2.C19H12S.C17H10ClN3.2CH4/c48-26-32-46(51-33-18-8-4-14-28(33)41-35(51)22-24-39-43(41)30-16-6-10-20-37(30)53-39)49-45(27-12-2-1-3-13-27)50-47(32)52-34-19-9-5-15-29(34)42-36(52)23-25-40-44(42)31-17-7-11-21-38(31)54-40;1-2-6-14-12(5-1)11-13-9-10-17-19(18(13)14)15-7-3-4-8-16(15)20-17;18-16-14(11-19)15(12-7-3-1-4-8-12)20-17(21-16)13-9-5-2-6-10-13;;/h1-25H;1-10H,11H2;1-10H;2*1H4. The lowest BCUT2D eigenvalue weighted by atomic mass is 9.99. The largest absolute Gasteiger partial charge is 0.292 e. The number of fused-ring (bicyclic) bond motifs is 21. The van der Waals surface area contributed by atoms with E-state index in [4.69, 9.17) is 21.6 Å². The van der Waals surface area contributed by atoms with Gasteiger partial charge in [0.15, 0.2) is 28.4 Å². The Bertz CT molecular complexity index is 6220. The van der Waals surface area contributed by atoms with Crippen LogP contribution in [-0.2, 0) is 6.42 Å². The molecular formula is C85H55ClN8S3. The number of hydrogen-bond acceptors (Lipinski definition) is 9. The van der Waals surface area contributed by atoms with E-state index in [-0.39, 0.29) is 20.0 Å². The van der Waals surface area contributed by atoms with Gasteiger partial charge >= 0.3 is 0 Å². The van der Waals surface area contributed by atoms with Crippen molar-refractivity contribution in [2.75, 3.05) is 0 Å². The molecule has 8 nitrogen and oxygen atoms in total. The number of halogens is 1. The van der Waals surface area contributed by atoms with E-state index < -0.39 is 0 Å². The van der Waals surface area contributed by atoms with Gasteiger partial charge in [-0.25, -0.2) is 19.9 Å². The van der Waals surface area contributed by atoms with Crippen LogP contribution in [0.25, 0.3) is 161 Å². The molecular weight excluding hydrogens is 1260 g/mol. The minimum absolute atomic E-state index is 0. The summed E-state index contributed by atoms with van der Waals surface area (Å²) in [7, 11) is 0. The summed E-state index contributed by atoms with van der Waals surface area (Å²) in [4.78, 5) is 19.4. The summed E-state index contributed by atoms with van der Waals surface area (Å²) in [5.74, 6) is 2.18. The molecule has 0 spiro atoms. The predicted octanol–water partition coefficient (Wildman–Crippen LogP) is 24.2. The van der Waals surface area contributed by atoms with Gasteiger partial charge in [-0.2, -0.15) is 10.5 Å². The molecule has 0 saturated carbocycles. The molecule has 7 aromatic heterocycles. The zero-order valence-electron chi connectivity index (χ0n) is 50.4. The van der Waals surface area contributed by atoms with E-state index in [1.54, 1.807) is 0 Å². The highest BCUT2D eigenvalue weighted by Gasteiger charge is 2.28. The summed E-state index contributed by atoms with van der Waals surface area (Å²) in [5.41, 5.74) is 13.7. The monoisotopic (exact) mass is 1320 g/mol. The third-order valence-electron chi connectivity index (χ3n) is 18.1. The van der Waals surface area contributed by atoms with Gasteiger partial charge in [0.05, 0.1) is 27.8 Å². The fourth-order valence-electron chi connectivity index (χ4n) is 14.1. The van der Waals surface area contributed by atoms with Gasteiger partial charge < -0.3 is 0 Å². The van der Waals surface area contributed by atoms with Gasteiger partial charge in [0.2, 0.25) is 0 Å². The van der Waals surface area contributed by atoms with E-state index in [9.17, 15) is 10.5 Å². The maximum absolute atomic E-state index is 11.4. The van der Waals surface area contributed by atoms with Crippen LogP contribution >= 0.6 is 45.6 Å². The quantitative estimate of drug-likeness (QED) is 0.159. The lowest BCUT2D eigenvalue weighted by molar-refractivity contribution is 0.982. The van der Waals surface area contributed by atoms with E-state index in [1.807, 2.05) is 125 Å². The van der Waals surface area contributed by atoms with E-state index in [0.29, 0.717) is 40.1 Å². The minimum atomic E-state index is 0. The Morgan fingerprint density at radius 2 is 0.732 bits per heavy atom. The Hall–Kier alpha value is -11.7. The fourth-order valence-corrected chi connectivity index (χ4v) is 17.6. The van der Waals surface area contributed by atoms with Gasteiger partial charge in [0.25, 0.3) is 0 Å². The molecule has 0 radical (unpaired) electrons. The van der Waals surface area contributed by atoms with E-state index in [1.165, 1.54) is 82.8 Å². The molecule has 0 aliphatic heterocycles. The molecule has 12 heteroatoms. The second-order valence-electron chi connectivity index (χ2n) is 23.4. The second-order valence-corrected chi connectivity index (χ2v) is 27.0. The average molecular weight is 1320 g/mol. The first-order valence-electron chi connectivity index (χ1n) is 31.1. The molecule has 19 aromatic rings. The van der Waals surface area contributed by atoms with Crippen molar-refractivity contribution >= 4 is 150 Å². The normalized spacial score (nSPS) is 11.5. The van der Waals surface area contributed by atoms with E-state index >= 15 is 0 Å². The van der Waals surface area contributed by atoms with Crippen LogP contribution < -0.4 is 0 Å². The van der Waals surface area contributed by atoms with Gasteiger partial charge in [-0.3, -0.25) is 9.13 Å². The van der Waals surface area contributed by atoms with E-state index in [2.05, 4.69) is 213 Å². The first kappa shape index (κ1) is 60.3. The predicted molar refractivity (Wildman–Crippen MR) is 410 cm³/mol. The summed E-state index contributed by atoms with van der Waals surface area (Å²) in [6.45, 7) is 0. The summed E-state index contributed by atoms with van der Waals surface area (Å²) < 4.78 is 12.1. The van der Waals surface area contributed by atoms with Crippen LogP contribution in [0.15, 0.2) is 273 Å². The second kappa shape index (κ2) is 24.6. The number of benzene rings is 12. The minimum Gasteiger partial charge on any atom is -0.292 e. The Morgan fingerprint density at radius 3 is 1.24 bits per heavy atom. The van der Waals surface area contributed by atoms with Crippen molar-refractivity contribution in [1.82, 2.24) is 29.1 Å². The van der Waals surface area contributed by atoms with Crippen molar-refractivity contribution in [2.24, 2.45) is 0 Å². The molecule has 460 valence electrons. The Labute approximate surface area is 575 Å². The molecule has 12 aromatic carbocycles. The van der Waals surface area contributed by atoms with Crippen LogP contribution in [0.2, 0.25) is 5.15 Å². The third kappa shape index (κ3) is 9.81. The van der Waals surface area contributed by atoms with Crippen LogP contribution in [0.5, 0.6) is 0 Å². The first-order valence-corrected chi connectivity index (χ1v) is 34.0. The average Bonchev–Trinajstić information content (AvgIpc) is 1.56. The third-order valence-corrected chi connectivity index (χ3v) is 21.8. The van der Waals surface area contributed by atoms with Crippen molar-refractivity contribution in [3.05, 3.63) is 300 Å². The molecule has 1 aliphatic rings. The van der Waals surface area contributed by atoms with Gasteiger partial charge in [0, 0.05) is 98.8 Å². The molecule has 0 amide bonds. The van der Waals surface area contributed by atoms with E-state index in [0.717, 1.165) is 66.7 Å². The fraction of sp³-hybridized carbons (Fsp3) is 0.0353. The van der Waals surface area contributed by atoms with Crippen molar-refractivity contribution in [2.45, 2.75) is 21.3 Å². The highest BCUT2D eigenvalue weighted by Crippen LogP contribution is 2.49. The molecule has 1 aliphatic carbocycles. The lowest BCUT2D eigenvalue weighted by Crippen LogP contribution is -2.10. The summed E-state index contributed by atoms with van der Waals surface area (Å²) in [6, 6.07) is 99.1. The molecule has 0 N–H and O–H groups in total. The molecule has 0 saturated heterocycles. The zero-order chi connectivity index (χ0) is 63.3. The number of aromatic nitrogens is 6. The molecule has 0 unspecified atom stereocenters. The van der Waals surface area contributed by atoms with Crippen LogP contribution in [0.3, 0.4) is 0 Å². The highest BCUT2D eigenvalue weighted by molar-refractivity contribution is 7.26. The van der Waals surface area contributed by atoms with Gasteiger partial charge in [-0.05, 0) is 89.3 Å². The maximum atomic E-state index is 11.4. The number of rotatable bonds is 5.